The molecule has 1 fully saturated rings. The second-order valence-electron chi connectivity index (χ2n) is 3.54. The topological polar surface area (TPSA) is 33.6 Å². The standard InChI is InChI=1S/C9H16N2OS/c1-7-8(2-4-12-7)6-11-9-10-3-5-13-9/h7-8H,2-6H2,1H3,(H,10,11). The molecule has 0 bridgehead atoms. The van der Waals surface area contributed by atoms with Gasteiger partial charge in [0.05, 0.1) is 12.6 Å². The van der Waals surface area contributed by atoms with Gasteiger partial charge in [-0.25, -0.2) is 0 Å². The lowest BCUT2D eigenvalue weighted by molar-refractivity contribution is 0.106. The van der Waals surface area contributed by atoms with E-state index in [-0.39, 0.29) is 0 Å². The van der Waals surface area contributed by atoms with Gasteiger partial charge >= 0.3 is 0 Å². The zero-order valence-corrected chi connectivity index (χ0v) is 8.77. The highest BCUT2D eigenvalue weighted by atomic mass is 32.2. The molecule has 0 radical (unpaired) electrons. The van der Waals surface area contributed by atoms with E-state index in [0.29, 0.717) is 12.0 Å². The Kier molecular flexibility index (Phi) is 3.11. The number of thioether (sulfide) groups is 1. The molecule has 0 aromatic carbocycles. The zero-order valence-electron chi connectivity index (χ0n) is 7.95. The number of aliphatic imine (C=N–C) groups is 1. The second kappa shape index (κ2) is 4.33. The van der Waals surface area contributed by atoms with Crippen molar-refractivity contribution in [3.8, 4) is 0 Å². The largest absolute Gasteiger partial charge is 0.378 e. The number of amidine groups is 1. The van der Waals surface area contributed by atoms with Crippen molar-refractivity contribution in [3.05, 3.63) is 0 Å². The molecular formula is C9H16N2OS. The summed E-state index contributed by atoms with van der Waals surface area (Å²) >= 11 is 1.83. The second-order valence-corrected chi connectivity index (χ2v) is 4.62. The molecule has 0 aliphatic carbocycles. The van der Waals surface area contributed by atoms with Crippen LogP contribution in [0.4, 0.5) is 0 Å². The Bertz CT molecular complexity index is 208. The van der Waals surface area contributed by atoms with E-state index in [1.165, 1.54) is 6.42 Å². The molecule has 1 N–H and O–H groups in total. The van der Waals surface area contributed by atoms with Crippen LogP contribution in [0.5, 0.6) is 0 Å². The van der Waals surface area contributed by atoms with Crippen LogP contribution < -0.4 is 5.32 Å². The van der Waals surface area contributed by atoms with Crippen molar-refractivity contribution in [2.24, 2.45) is 10.9 Å². The van der Waals surface area contributed by atoms with Crippen molar-refractivity contribution in [1.29, 1.82) is 0 Å². The lowest BCUT2D eigenvalue weighted by Crippen LogP contribution is -2.29. The summed E-state index contributed by atoms with van der Waals surface area (Å²) in [4.78, 5) is 4.35. The zero-order chi connectivity index (χ0) is 9.10. The minimum Gasteiger partial charge on any atom is -0.378 e. The van der Waals surface area contributed by atoms with Crippen LogP contribution in [0.2, 0.25) is 0 Å². The Morgan fingerprint density at radius 2 is 2.62 bits per heavy atom. The molecule has 74 valence electrons. The minimum atomic E-state index is 0.416. The van der Waals surface area contributed by atoms with Gasteiger partial charge in [0, 0.05) is 24.8 Å². The first-order valence-corrected chi connectivity index (χ1v) is 5.87. The van der Waals surface area contributed by atoms with Crippen LogP contribution in [-0.2, 0) is 4.74 Å². The van der Waals surface area contributed by atoms with Crippen molar-refractivity contribution in [2.45, 2.75) is 19.4 Å². The fourth-order valence-corrected chi connectivity index (χ4v) is 2.45. The van der Waals surface area contributed by atoms with Crippen molar-refractivity contribution in [2.75, 3.05) is 25.4 Å². The van der Waals surface area contributed by atoms with Gasteiger partial charge in [0.1, 0.15) is 0 Å². The van der Waals surface area contributed by atoms with E-state index in [4.69, 9.17) is 4.74 Å². The van der Waals surface area contributed by atoms with Gasteiger partial charge in [0.15, 0.2) is 5.17 Å². The highest BCUT2D eigenvalue weighted by Crippen LogP contribution is 2.20. The van der Waals surface area contributed by atoms with Crippen LogP contribution in [0.25, 0.3) is 0 Å². The Balaban J connectivity index is 1.72. The minimum absolute atomic E-state index is 0.416. The number of nitrogens with zero attached hydrogens (tertiary/aromatic N) is 1. The molecule has 0 amide bonds. The van der Waals surface area contributed by atoms with Crippen LogP contribution in [-0.4, -0.2) is 36.7 Å². The molecule has 2 heterocycles. The van der Waals surface area contributed by atoms with Gasteiger partial charge in [0.2, 0.25) is 0 Å². The average molecular weight is 200 g/mol. The van der Waals surface area contributed by atoms with Crippen LogP contribution in [0.15, 0.2) is 4.99 Å². The van der Waals surface area contributed by atoms with Crippen LogP contribution >= 0.6 is 11.8 Å². The molecule has 2 aliphatic rings. The summed E-state index contributed by atoms with van der Waals surface area (Å²) in [6.45, 7) is 5.08. The summed E-state index contributed by atoms with van der Waals surface area (Å²) in [5.74, 6) is 1.81. The SMILES string of the molecule is CC1OCCC1CNC1=NCCS1. The van der Waals surface area contributed by atoms with Gasteiger partial charge in [0.25, 0.3) is 0 Å². The van der Waals surface area contributed by atoms with Crippen LogP contribution in [0.1, 0.15) is 13.3 Å². The van der Waals surface area contributed by atoms with Gasteiger partial charge in [-0.15, -0.1) is 0 Å². The molecule has 2 aliphatic heterocycles. The maximum Gasteiger partial charge on any atom is 0.156 e. The quantitative estimate of drug-likeness (QED) is 0.725. The molecule has 0 aromatic heterocycles. The van der Waals surface area contributed by atoms with E-state index in [0.717, 1.165) is 30.6 Å². The van der Waals surface area contributed by atoms with Gasteiger partial charge in [-0.2, -0.15) is 0 Å². The molecule has 0 aromatic rings. The van der Waals surface area contributed by atoms with E-state index < -0.39 is 0 Å². The Morgan fingerprint density at radius 3 is 3.23 bits per heavy atom. The number of ether oxygens (including phenoxy) is 1. The van der Waals surface area contributed by atoms with Crippen LogP contribution in [0, 0.1) is 5.92 Å². The summed E-state index contributed by atoms with van der Waals surface area (Å²) in [5.41, 5.74) is 0. The van der Waals surface area contributed by atoms with E-state index >= 15 is 0 Å². The highest BCUT2D eigenvalue weighted by Gasteiger charge is 2.24. The molecule has 0 spiro atoms. The Hall–Kier alpha value is -0.220. The molecule has 1 saturated heterocycles. The number of hydrogen-bond acceptors (Lipinski definition) is 4. The Morgan fingerprint density at radius 1 is 1.69 bits per heavy atom. The maximum atomic E-state index is 5.49. The third-order valence-corrected chi connectivity index (χ3v) is 3.57. The molecular weight excluding hydrogens is 184 g/mol. The smallest absolute Gasteiger partial charge is 0.156 e. The summed E-state index contributed by atoms with van der Waals surface area (Å²) in [6, 6.07) is 0. The lowest BCUT2D eigenvalue weighted by Gasteiger charge is -2.14. The average Bonchev–Trinajstić information content (AvgIpc) is 2.72. The fraction of sp³-hybridized carbons (Fsp3) is 0.889. The maximum absolute atomic E-state index is 5.49. The number of rotatable bonds is 2. The van der Waals surface area contributed by atoms with Crippen molar-refractivity contribution < 1.29 is 4.74 Å². The van der Waals surface area contributed by atoms with Gasteiger partial charge in [-0.05, 0) is 13.3 Å². The first kappa shape index (κ1) is 9.34. The Labute approximate surface area is 83.3 Å². The van der Waals surface area contributed by atoms with Gasteiger partial charge < -0.3 is 10.1 Å². The first-order chi connectivity index (χ1) is 6.36. The van der Waals surface area contributed by atoms with E-state index in [9.17, 15) is 0 Å². The van der Waals surface area contributed by atoms with Crippen molar-refractivity contribution >= 4 is 16.9 Å². The van der Waals surface area contributed by atoms with E-state index in [1.807, 2.05) is 11.8 Å². The fourth-order valence-electron chi connectivity index (χ4n) is 1.70. The molecule has 4 heteroatoms. The predicted molar refractivity (Wildman–Crippen MR) is 56.3 cm³/mol. The highest BCUT2D eigenvalue weighted by molar-refractivity contribution is 8.14. The van der Waals surface area contributed by atoms with Crippen molar-refractivity contribution in [3.63, 3.8) is 0 Å². The molecule has 13 heavy (non-hydrogen) atoms. The molecule has 3 nitrogen and oxygen atoms in total. The lowest BCUT2D eigenvalue weighted by atomic mass is 10.0. The summed E-state index contributed by atoms with van der Waals surface area (Å²) in [6.07, 6.45) is 1.60. The van der Waals surface area contributed by atoms with Gasteiger partial charge in [-0.3, -0.25) is 4.99 Å². The summed E-state index contributed by atoms with van der Waals surface area (Å²) in [5, 5.41) is 4.51. The third-order valence-electron chi connectivity index (χ3n) is 2.63. The number of nitrogens with one attached hydrogen (secondary N) is 1. The first-order valence-electron chi connectivity index (χ1n) is 4.89. The molecule has 0 saturated carbocycles. The van der Waals surface area contributed by atoms with E-state index in [1.54, 1.807) is 0 Å². The summed E-state index contributed by atoms with van der Waals surface area (Å²) < 4.78 is 5.49. The van der Waals surface area contributed by atoms with Gasteiger partial charge in [-0.1, -0.05) is 11.8 Å². The number of hydrogen-bond donors (Lipinski definition) is 1. The van der Waals surface area contributed by atoms with Crippen molar-refractivity contribution in [1.82, 2.24) is 5.32 Å². The third kappa shape index (κ3) is 2.38. The molecule has 2 unspecified atom stereocenters. The molecule has 2 rings (SSSR count). The monoisotopic (exact) mass is 200 g/mol. The normalized spacial score (nSPS) is 33.5. The van der Waals surface area contributed by atoms with Crippen LogP contribution in [0.3, 0.4) is 0 Å². The van der Waals surface area contributed by atoms with E-state index in [2.05, 4.69) is 17.2 Å². The summed E-state index contributed by atoms with van der Waals surface area (Å²) in [7, 11) is 0. The predicted octanol–water partition coefficient (Wildman–Crippen LogP) is 1.10. The molecule has 2 atom stereocenters.